The van der Waals surface area contributed by atoms with Gasteiger partial charge in [-0.1, -0.05) is 17.7 Å². The molecule has 30 heavy (non-hydrogen) atoms. The van der Waals surface area contributed by atoms with E-state index >= 15 is 0 Å². The number of benzene rings is 3. The fourth-order valence-corrected chi connectivity index (χ4v) is 3.18. The highest BCUT2D eigenvalue weighted by Gasteiger charge is 2.16. The molecule has 4 aromatic rings. The lowest BCUT2D eigenvalue weighted by Crippen LogP contribution is -2.12. The average Bonchev–Trinajstić information content (AvgIpc) is 3.11. The van der Waals surface area contributed by atoms with Crippen LogP contribution in [0.5, 0.6) is 0 Å². The summed E-state index contributed by atoms with van der Waals surface area (Å²) in [6.45, 7) is 1.60. The SMILES string of the molecule is Cc1ccc(C(=O)Nc2ccc3oc(-c4ccc(F)cc4Cl)nc3c2)cc1[N+](=O)[O-]. The monoisotopic (exact) mass is 425 g/mol. The summed E-state index contributed by atoms with van der Waals surface area (Å²) in [5.41, 5.74) is 2.27. The van der Waals surface area contributed by atoms with Crippen molar-refractivity contribution in [2.75, 3.05) is 5.32 Å². The summed E-state index contributed by atoms with van der Waals surface area (Å²) in [6, 6.07) is 13.0. The summed E-state index contributed by atoms with van der Waals surface area (Å²) in [5.74, 6) is -0.753. The van der Waals surface area contributed by atoms with Crippen molar-refractivity contribution in [3.8, 4) is 11.5 Å². The van der Waals surface area contributed by atoms with Gasteiger partial charge in [0.15, 0.2) is 5.58 Å². The number of anilines is 1. The zero-order valence-electron chi connectivity index (χ0n) is 15.5. The zero-order chi connectivity index (χ0) is 21.4. The van der Waals surface area contributed by atoms with Gasteiger partial charge in [-0.25, -0.2) is 9.37 Å². The molecule has 150 valence electrons. The van der Waals surface area contributed by atoms with E-state index in [2.05, 4.69) is 10.3 Å². The first-order valence-electron chi connectivity index (χ1n) is 8.74. The first-order chi connectivity index (χ1) is 14.3. The summed E-state index contributed by atoms with van der Waals surface area (Å²) < 4.78 is 18.9. The third-order valence-electron chi connectivity index (χ3n) is 4.47. The molecular formula is C21H13ClFN3O4. The Balaban J connectivity index is 1.62. The highest BCUT2D eigenvalue weighted by Crippen LogP contribution is 2.31. The van der Waals surface area contributed by atoms with E-state index in [9.17, 15) is 19.3 Å². The largest absolute Gasteiger partial charge is 0.436 e. The van der Waals surface area contributed by atoms with Gasteiger partial charge < -0.3 is 9.73 Å². The number of nitro benzene ring substituents is 1. The van der Waals surface area contributed by atoms with Gasteiger partial charge in [-0.2, -0.15) is 0 Å². The number of rotatable bonds is 4. The van der Waals surface area contributed by atoms with Gasteiger partial charge in [0, 0.05) is 22.9 Å². The van der Waals surface area contributed by atoms with Gasteiger partial charge in [-0.3, -0.25) is 14.9 Å². The van der Waals surface area contributed by atoms with Gasteiger partial charge >= 0.3 is 0 Å². The van der Waals surface area contributed by atoms with Gasteiger partial charge in [0.05, 0.1) is 15.5 Å². The predicted octanol–water partition coefficient (Wildman–Crippen LogP) is 5.76. The van der Waals surface area contributed by atoms with E-state index in [1.807, 2.05) is 0 Å². The summed E-state index contributed by atoms with van der Waals surface area (Å²) in [4.78, 5) is 27.4. The zero-order valence-corrected chi connectivity index (χ0v) is 16.2. The number of fused-ring (bicyclic) bond motifs is 1. The first kappa shape index (κ1) is 19.5. The molecule has 0 aliphatic heterocycles. The van der Waals surface area contributed by atoms with Crippen LogP contribution in [0.4, 0.5) is 15.8 Å². The predicted molar refractivity (Wildman–Crippen MR) is 110 cm³/mol. The Bertz CT molecular complexity index is 1320. The van der Waals surface area contributed by atoms with Crippen molar-refractivity contribution >= 4 is 40.0 Å². The van der Waals surface area contributed by atoms with Crippen LogP contribution in [0.2, 0.25) is 5.02 Å². The Morgan fingerprint density at radius 3 is 2.70 bits per heavy atom. The van der Waals surface area contributed by atoms with Crippen LogP contribution in [0, 0.1) is 22.9 Å². The number of hydrogen-bond acceptors (Lipinski definition) is 5. The molecule has 1 heterocycles. The number of oxazole rings is 1. The molecular weight excluding hydrogens is 413 g/mol. The fraction of sp³-hybridized carbons (Fsp3) is 0.0476. The maximum absolute atomic E-state index is 13.3. The van der Waals surface area contributed by atoms with E-state index in [4.69, 9.17) is 16.0 Å². The Kier molecular flexibility index (Phi) is 4.93. The number of halogens is 2. The highest BCUT2D eigenvalue weighted by atomic mass is 35.5. The number of nitrogens with one attached hydrogen (secondary N) is 1. The Hall–Kier alpha value is -3.78. The number of amides is 1. The van der Waals surface area contributed by atoms with Crippen LogP contribution < -0.4 is 5.32 Å². The highest BCUT2D eigenvalue weighted by molar-refractivity contribution is 6.33. The van der Waals surface area contributed by atoms with Crippen LogP contribution in [-0.2, 0) is 0 Å². The van der Waals surface area contributed by atoms with E-state index in [0.29, 0.717) is 27.9 Å². The molecule has 4 rings (SSSR count). The maximum Gasteiger partial charge on any atom is 0.273 e. The summed E-state index contributed by atoms with van der Waals surface area (Å²) in [6.07, 6.45) is 0. The van der Waals surface area contributed by atoms with Crippen LogP contribution in [-0.4, -0.2) is 15.8 Å². The van der Waals surface area contributed by atoms with E-state index in [0.717, 1.165) is 6.07 Å². The van der Waals surface area contributed by atoms with Crippen molar-refractivity contribution in [3.05, 3.63) is 86.7 Å². The normalized spacial score (nSPS) is 10.9. The second kappa shape index (κ2) is 7.57. The number of carbonyl (C=O) groups is 1. The molecule has 1 N–H and O–H groups in total. The van der Waals surface area contributed by atoms with Crippen LogP contribution >= 0.6 is 11.6 Å². The molecule has 0 saturated carbocycles. The quantitative estimate of drug-likeness (QED) is 0.331. The van der Waals surface area contributed by atoms with Crippen molar-refractivity contribution in [1.82, 2.24) is 4.98 Å². The molecule has 0 aliphatic carbocycles. The smallest absolute Gasteiger partial charge is 0.273 e. The third kappa shape index (κ3) is 3.72. The molecule has 0 fully saturated rings. The Morgan fingerprint density at radius 1 is 1.17 bits per heavy atom. The molecule has 7 nitrogen and oxygen atoms in total. The van der Waals surface area contributed by atoms with Crippen LogP contribution in [0.1, 0.15) is 15.9 Å². The van der Waals surface area contributed by atoms with E-state index < -0.39 is 16.6 Å². The Morgan fingerprint density at radius 2 is 1.97 bits per heavy atom. The van der Waals surface area contributed by atoms with Crippen LogP contribution in [0.15, 0.2) is 59.0 Å². The van der Waals surface area contributed by atoms with Crippen molar-refractivity contribution < 1.29 is 18.5 Å². The lowest BCUT2D eigenvalue weighted by molar-refractivity contribution is -0.385. The molecule has 0 atom stereocenters. The van der Waals surface area contributed by atoms with Gasteiger partial charge in [0.2, 0.25) is 5.89 Å². The van der Waals surface area contributed by atoms with E-state index in [1.54, 1.807) is 25.1 Å². The summed E-state index contributed by atoms with van der Waals surface area (Å²) in [7, 11) is 0. The lowest BCUT2D eigenvalue weighted by atomic mass is 10.1. The molecule has 0 aliphatic rings. The topological polar surface area (TPSA) is 98.3 Å². The van der Waals surface area contributed by atoms with Crippen LogP contribution in [0.25, 0.3) is 22.6 Å². The molecule has 1 aromatic heterocycles. The molecule has 0 saturated heterocycles. The molecule has 1 amide bonds. The van der Waals surface area contributed by atoms with Crippen LogP contribution in [0.3, 0.4) is 0 Å². The number of aromatic nitrogens is 1. The third-order valence-corrected chi connectivity index (χ3v) is 4.79. The number of nitrogens with zero attached hydrogens (tertiary/aromatic N) is 2. The minimum absolute atomic E-state index is 0.129. The molecule has 0 bridgehead atoms. The average molecular weight is 426 g/mol. The van der Waals surface area contributed by atoms with E-state index in [1.165, 1.54) is 30.3 Å². The van der Waals surface area contributed by atoms with E-state index in [-0.39, 0.29) is 22.2 Å². The van der Waals surface area contributed by atoms with Crippen molar-refractivity contribution in [1.29, 1.82) is 0 Å². The Labute approximate surface area is 174 Å². The molecule has 3 aromatic carbocycles. The molecule has 0 unspecified atom stereocenters. The number of carbonyl (C=O) groups excluding carboxylic acids is 1. The number of hydrogen-bond donors (Lipinski definition) is 1. The maximum atomic E-state index is 13.3. The van der Waals surface area contributed by atoms with Gasteiger partial charge in [0.1, 0.15) is 11.3 Å². The minimum Gasteiger partial charge on any atom is -0.436 e. The molecule has 0 spiro atoms. The molecule has 0 radical (unpaired) electrons. The minimum atomic E-state index is -0.532. The molecule has 9 heteroatoms. The second-order valence-electron chi connectivity index (χ2n) is 6.54. The summed E-state index contributed by atoms with van der Waals surface area (Å²) >= 11 is 6.06. The van der Waals surface area contributed by atoms with Crippen molar-refractivity contribution in [2.45, 2.75) is 6.92 Å². The van der Waals surface area contributed by atoms with Crippen molar-refractivity contribution in [2.24, 2.45) is 0 Å². The van der Waals surface area contributed by atoms with Gasteiger partial charge in [-0.05, 0) is 49.4 Å². The van der Waals surface area contributed by atoms with Gasteiger partial charge in [-0.15, -0.1) is 0 Å². The first-order valence-corrected chi connectivity index (χ1v) is 9.12. The number of nitro groups is 1. The van der Waals surface area contributed by atoms with Gasteiger partial charge in [0.25, 0.3) is 11.6 Å². The standard InChI is InChI=1S/C21H13ClFN3O4/c1-11-2-3-12(8-18(11)26(28)29)20(27)24-14-5-7-19-17(10-14)25-21(30-19)15-6-4-13(23)9-16(15)22/h2-10H,1H3,(H,24,27). The number of aryl methyl sites for hydroxylation is 1. The fourth-order valence-electron chi connectivity index (χ4n) is 2.93. The second-order valence-corrected chi connectivity index (χ2v) is 6.95. The lowest BCUT2D eigenvalue weighted by Gasteiger charge is -2.06. The van der Waals surface area contributed by atoms with Crippen molar-refractivity contribution in [3.63, 3.8) is 0 Å². The summed E-state index contributed by atoms with van der Waals surface area (Å²) in [5, 5.41) is 13.9.